The van der Waals surface area contributed by atoms with Gasteiger partial charge in [0.1, 0.15) is 0 Å². The quantitative estimate of drug-likeness (QED) is 0.863. The zero-order chi connectivity index (χ0) is 13.4. The Morgan fingerprint density at radius 1 is 1.15 bits per heavy atom. The summed E-state index contributed by atoms with van der Waals surface area (Å²) in [5.74, 6) is 0. The van der Waals surface area contributed by atoms with Crippen LogP contribution in [0.1, 0.15) is 5.69 Å². The van der Waals surface area contributed by atoms with Crippen LogP contribution in [0.15, 0.2) is 18.2 Å². The highest BCUT2D eigenvalue weighted by molar-refractivity contribution is 6.38. The van der Waals surface area contributed by atoms with Crippen molar-refractivity contribution in [3.05, 3.63) is 33.9 Å². The van der Waals surface area contributed by atoms with E-state index in [4.69, 9.17) is 23.2 Å². The largest absolute Gasteiger partial charge is 0.368 e. The second kappa shape index (κ2) is 6.35. The van der Waals surface area contributed by atoms with Crippen LogP contribution in [0.3, 0.4) is 0 Å². The Labute approximate surface area is 134 Å². The lowest BCUT2D eigenvalue weighted by Gasteiger charge is -2.30. The minimum absolute atomic E-state index is 0. The van der Waals surface area contributed by atoms with E-state index in [1.165, 1.54) is 5.69 Å². The number of fused-ring (bicyclic) bond motifs is 1. The molecule has 0 bridgehead atoms. The molecule has 1 aromatic heterocycles. The van der Waals surface area contributed by atoms with Crippen molar-refractivity contribution < 1.29 is 0 Å². The average molecular weight is 333 g/mol. The van der Waals surface area contributed by atoms with Gasteiger partial charge in [-0.1, -0.05) is 23.2 Å². The first kappa shape index (κ1) is 15.6. The van der Waals surface area contributed by atoms with Crippen molar-refractivity contribution in [2.45, 2.75) is 6.92 Å². The Kier molecular flexibility index (Phi) is 4.97. The van der Waals surface area contributed by atoms with Gasteiger partial charge >= 0.3 is 0 Å². The van der Waals surface area contributed by atoms with Crippen LogP contribution >= 0.6 is 35.6 Å². The van der Waals surface area contributed by atoms with Gasteiger partial charge in [-0.3, -0.25) is 4.98 Å². The SMILES string of the molecule is Cc1cc(N2CCNCC2)c2cc(Cl)cc(Cl)c2n1.Cl. The van der Waals surface area contributed by atoms with Gasteiger partial charge in [0.15, 0.2) is 0 Å². The van der Waals surface area contributed by atoms with E-state index in [2.05, 4.69) is 21.3 Å². The maximum Gasteiger partial charge on any atom is 0.0913 e. The van der Waals surface area contributed by atoms with Gasteiger partial charge in [-0.25, -0.2) is 0 Å². The van der Waals surface area contributed by atoms with E-state index in [0.29, 0.717) is 10.0 Å². The average Bonchev–Trinajstić information content (AvgIpc) is 2.40. The normalized spacial score (nSPS) is 15.2. The number of pyridine rings is 1. The Morgan fingerprint density at radius 3 is 2.55 bits per heavy atom. The molecule has 0 aliphatic carbocycles. The first-order valence-corrected chi connectivity index (χ1v) is 7.13. The van der Waals surface area contributed by atoms with Gasteiger partial charge in [0.25, 0.3) is 0 Å². The van der Waals surface area contributed by atoms with Crippen LogP contribution < -0.4 is 10.2 Å². The van der Waals surface area contributed by atoms with E-state index in [9.17, 15) is 0 Å². The molecular weight excluding hydrogens is 317 g/mol. The van der Waals surface area contributed by atoms with Crippen molar-refractivity contribution in [3.63, 3.8) is 0 Å². The lowest BCUT2D eigenvalue weighted by Crippen LogP contribution is -2.43. The van der Waals surface area contributed by atoms with Crippen LogP contribution in [0, 0.1) is 6.92 Å². The summed E-state index contributed by atoms with van der Waals surface area (Å²) < 4.78 is 0. The minimum Gasteiger partial charge on any atom is -0.368 e. The Morgan fingerprint density at radius 2 is 1.85 bits per heavy atom. The molecule has 20 heavy (non-hydrogen) atoms. The zero-order valence-electron chi connectivity index (χ0n) is 11.1. The summed E-state index contributed by atoms with van der Waals surface area (Å²) in [5.41, 5.74) is 2.98. The summed E-state index contributed by atoms with van der Waals surface area (Å²) in [4.78, 5) is 6.90. The summed E-state index contributed by atoms with van der Waals surface area (Å²) in [7, 11) is 0. The maximum atomic E-state index is 6.27. The van der Waals surface area contributed by atoms with E-state index in [1.54, 1.807) is 6.07 Å². The highest BCUT2D eigenvalue weighted by Crippen LogP contribution is 2.33. The molecule has 1 saturated heterocycles. The van der Waals surface area contributed by atoms with Gasteiger partial charge in [-0.2, -0.15) is 0 Å². The Hall–Kier alpha value is -0.740. The smallest absolute Gasteiger partial charge is 0.0913 e. The number of aromatic nitrogens is 1. The van der Waals surface area contributed by atoms with E-state index >= 15 is 0 Å². The second-order valence-corrected chi connectivity index (χ2v) is 5.65. The van der Waals surface area contributed by atoms with Crippen LogP contribution in [0.25, 0.3) is 10.9 Å². The molecule has 0 unspecified atom stereocenters. The van der Waals surface area contributed by atoms with Crippen molar-refractivity contribution >= 4 is 52.2 Å². The number of anilines is 1. The molecule has 1 N–H and O–H groups in total. The number of rotatable bonds is 1. The first-order valence-electron chi connectivity index (χ1n) is 6.37. The molecule has 1 aliphatic heterocycles. The molecule has 108 valence electrons. The topological polar surface area (TPSA) is 28.2 Å². The molecule has 0 saturated carbocycles. The third kappa shape index (κ3) is 2.96. The molecule has 6 heteroatoms. The van der Waals surface area contributed by atoms with Gasteiger partial charge in [-0.05, 0) is 25.1 Å². The lowest BCUT2D eigenvalue weighted by atomic mass is 10.1. The van der Waals surface area contributed by atoms with Crippen LogP contribution in [0.2, 0.25) is 10.0 Å². The summed E-state index contributed by atoms with van der Waals surface area (Å²) in [6, 6.07) is 5.81. The Balaban J connectivity index is 0.00000147. The molecule has 0 spiro atoms. The van der Waals surface area contributed by atoms with Gasteiger partial charge in [-0.15, -0.1) is 12.4 Å². The second-order valence-electron chi connectivity index (χ2n) is 4.80. The molecule has 2 heterocycles. The zero-order valence-corrected chi connectivity index (χ0v) is 13.4. The lowest BCUT2D eigenvalue weighted by molar-refractivity contribution is 0.590. The van der Waals surface area contributed by atoms with Crippen molar-refractivity contribution in [3.8, 4) is 0 Å². The fourth-order valence-corrected chi connectivity index (χ4v) is 3.06. The standard InChI is InChI=1S/C14H15Cl2N3.ClH/c1-9-6-13(19-4-2-17-3-5-19)11-7-10(15)8-12(16)14(11)18-9;/h6-8,17H,2-5H2,1H3;1H. The fraction of sp³-hybridized carbons (Fsp3) is 0.357. The molecule has 1 aromatic carbocycles. The number of nitrogens with one attached hydrogen (secondary N) is 1. The van der Waals surface area contributed by atoms with Crippen LogP contribution in [-0.2, 0) is 0 Å². The number of benzene rings is 1. The molecule has 0 atom stereocenters. The predicted molar refractivity (Wildman–Crippen MR) is 88.8 cm³/mol. The van der Waals surface area contributed by atoms with Crippen molar-refractivity contribution in [1.82, 2.24) is 10.3 Å². The number of piperazine rings is 1. The summed E-state index contributed by atoms with van der Waals surface area (Å²) in [6.45, 7) is 5.97. The summed E-state index contributed by atoms with van der Waals surface area (Å²) in [5, 5.41) is 5.66. The number of halogens is 3. The molecule has 1 aliphatic rings. The van der Waals surface area contributed by atoms with E-state index in [-0.39, 0.29) is 12.4 Å². The summed E-state index contributed by atoms with van der Waals surface area (Å²) >= 11 is 12.4. The van der Waals surface area contributed by atoms with Gasteiger partial charge < -0.3 is 10.2 Å². The fourth-order valence-electron chi connectivity index (χ4n) is 2.53. The third-order valence-electron chi connectivity index (χ3n) is 3.40. The van der Waals surface area contributed by atoms with Crippen LogP contribution in [0.4, 0.5) is 5.69 Å². The molecule has 2 aromatic rings. The highest BCUT2D eigenvalue weighted by Gasteiger charge is 2.16. The molecule has 0 amide bonds. The number of hydrogen-bond donors (Lipinski definition) is 1. The first-order chi connectivity index (χ1) is 9.15. The molecule has 1 fully saturated rings. The van der Waals surface area contributed by atoms with E-state index in [1.807, 2.05) is 13.0 Å². The highest BCUT2D eigenvalue weighted by atomic mass is 35.5. The predicted octanol–water partition coefficient (Wildman–Crippen LogP) is 3.68. The monoisotopic (exact) mass is 331 g/mol. The van der Waals surface area contributed by atoms with Gasteiger partial charge in [0, 0.05) is 48.0 Å². The summed E-state index contributed by atoms with van der Waals surface area (Å²) in [6.07, 6.45) is 0. The van der Waals surface area contributed by atoms with E-state index < -0.39 is 0 Å². The van der Waals surface area contributed by atoms with Gasteiger partial charge in [0.05, 0.1) is 10.5 Å². The van der Waals surface area contributed by atoms with E-state index in [0.717, 1.165) is 42.8 Å². The van der Waals surface area contributed by atoms with Crippen molar-refractivity contribution in [2.75, 3.05) is 31.1 Å². The molecule has 0 radical (unpaired) electrons. The van der Waals surface area contributed by atoms with Crippen molar-refractivity contribution in [1.29, 1.82) is 0 Å². The minimum atomic E-state index is 0. The van der Waals surface area contributed by atoms with Gasteiger partial charge in [0.2, 0.25) is 0 Å². The van der Waals surface area contributed by atoms with Crippen molar-refractivity contribution in [2.24, 2.45) is 0 Å². The molecular formula is C14H16Cl3N3. The third-order valence-corrected chi connectivity index (χ3v) is 3.90. The molecule has 3 nitrogen and oxygen atoms in total. The number of nitrogens with zero attached hydrogens (tertiary/aromatic N) is 2. The number of aryl methyl sites for hydroxylation is 1. The molecule has 3 rings (SSSR count). The Bertz CT molecular complexity index is 625. The van der Waals surface area contributed by atoms with Crippen LogP contribution in [0.5, 0.6) is 0 Å². The van der Waals surface area contributed by atoms with Crippen LogP contribution in [-0.4, -0.2) is 31.2 Å². The number of hydrogen-bond acceptors (Lipinski definition) is 3. The maximum absolute atomic E-state index is 6.27.